The molecule has 2 amide bonds. The summed E-state index contributed by atoms with van der Waals surface area (Å²) in [6.45, 7) is 0.456. The van der Waals surface area contributed by atoms with Gasteiger partial charge in [-0.25, -0.2) is 9.78 Å². The standard InChI is InChI=1S/C27H30Cl2N6O3.ClH/c1-37-20-12-21(38-2)23(29)24(22(20)28)34-15-17-13-31-26(32-19-11-7-6-10-18(19)30)33-25(17)35(27(34)36)14-16-8-4-3-5-9-16;/h3-5,8-9,12-13,18-19H,6-7,10-11,14-15,30H2,1-2H3,(H,31,32,33);1H/t18-,19+;/m0./s1. The maximum Gasteiger partial charge on any atom is 0.330 e. The highest BCUT2D eigenvalue weighted by Gasteiger charge is 2.37. The summed E-state index contributed by atoms with van der Waals surface area (Å²) in [6.07, 6.45) is 5.88. The number of carbonyl (C=O) groups excluding carboxylic acids is 1. The predicted octanol–water partition coefficient (Wildman–Crippen LogP) is 6.05. The number of methoxy groups -OCH3 is 2. The molecule has 1 aromatic heterocycles. The molecule has 0 radical (unpaired) electrons. The molecule has 0 unspecified atom stereocenters. The summed E-state index contributed by atoms with van der Waals surface area (Å²) < 4.78 is 10.9. The molecule has 3 aromatic rings. The summed E-state index contributed by atoms with van der Waals surface area (Å²) in [7, 11) is 2.99. The summed E-state index contributed by atoms with van der Waals surface area (Å²) in [5, 5.41) is 3.81. The lowest BCUT2D eigenvalue weighted by atomic mass is 9.91. The molecule has 208 valence electrons. The van der Waals surface area contributed by atoms with Gasteiger partial charge in [-0.1, -0.05) is 66.4 Å². The minimum atomic E-state index is -0.334. The number of urea groups is 1. The molecule has 39 heavy (non-hydrogen) atoms. The Labute approximate surface area is 244 Å². The first-order chi connectivity index (χ1) is 18.4. The average Bonchev–Trinajstić information content (AvgIpc) is 2.93. The maximum atomic E-state index is 14.1. The monoisotopic (exact) mass is 592 g/mol. The van der Waals surface area contributed by atoms with E-state index < -0.39 is 0 Å². The molecule has 1 aliphatic carbocycles. The van der Waals surface area contributed by atoms with E-state index in [2.05, 4.69) is 10.3 Å². The lowest BCUT2D eigenvalue weighted by Crippen LogP contribution is -2.48. The number of aromatic nitrogens is 2. The number of nitrogens with one attached hydrogen (secondary N) is 1. The van der Waals surface area contributed by atoms with Gasteiger partial charge in [0.2, 0.25) is 5.95 Å². The molecule has 5 rings (SSSR count). The van der Waals surface area contributed by atoms with Crippen molar-refractivity contribution < 1.29 is 14.3 Å². The van der Waals surface area contributed by atoms with Gasteiger partial charge in [0.15, 0.2) is 0 Å². The highest BCUT2D eigenvalue weighted by atomic mass is 35.5. The smallest absolute Gasteiger partial charge is 0.330 e. The molecule has 12 heteroatoms. The third kappa shape index (κ3) is 5.82. The van der Waals surface area contributed by atoms with Gasteiger partial charge < -0.3 is 20.5 Å². The molecule has 3 N–H and O–H groups in total. The van der Waals surface area contributed by atoms with Gasteiger partial charge >= 0.3 is 6.03 Å². The number of benzene rings is 2. The van der Waals surface area contributed by atoms with Crippen molar-refractivity contribution in [2.45, 2.75) is 50.9 Å². The average molecular weight is 594 g/mol. The van der Waals surface area contributed by atoms with Crippen LogP contribution in [0.25, 0.3) is 0 Å². The molecular formula is C27H31Cl3N6O3. The number of amides is 2. The first-order valence-electron chi connectivity index (χ1n) is 12.5. The van der Waals surface area contributed by atoms with Crippen molar-refractivity contribution in [2.75, 3.05) is 29.3 Å². The number of nitrogens with two attached hydrogens (primary N) is 1. The second-order valence-corrected chi connectivity index (χ2v) is 10.2. The Balaban J connectivity index is 0.00000353. The van der Waals surface area contributed by atoms with E-state index >= 15 is 0 Å². The Morgan fingerprint density at radius 3 is 2.38 bits per heavy atom. The SMILES string of the molecule is COc1cc(OC)c(Cl)c(N2Cc3cnc(N[C@@H]4CCCC[C@@H]4N)nc3N(Cc3ccccc3)C2=O)c1Cl.Cl. The molecular weight excluding hydrogens is 563 g/mol. The van der Waals surface area contributed by atoms with Crippen LogP contribution in [-0.2, 0) is 13.1 Å². The molecule has 0 bridgehead atoms. The van der Waals surface area contributed by atoms with Gasteiger partial charge in [0.1, 0.15) is 27.4 Å². The fraction of sp³-hybridized carbons (Fsp3) is 0.370. The summed E-state index contributed by atoms with van der Waals surface area (Å²) in [5.74, 6) is 1.66. The van der Waals surface area contributed by atoms with Crippen LogP contribution in [-0.4, -0.2) is 42.3 Å². The van der Waals surface area contributed by atoms with Crippen LogP contribution in [0, 0.1) is 0 Å². The van der Waals surface area contributed by atoms with Crippen LogP contribution in [0.2, 0.25) is 10.0 Å². The number of fused-ring (bicyclic) bond motifs is 1. The molecule has 2 aromatic carbocycles. The minimum Gasteiger partial charge on any atom is -0.495 e. The Kier molecular flexibility index (Phi) is 9.27. The topological polar surface area (TPSA) is 106 Å². The maximum absolute atomic E-state index is 14.1. The van der Waals surface area contributed by atoms with Gasteiger partial charge in [-0.3, -0.25) is 9.80 Å². The van der Waals surface area contributed by atoms with Crippen molar-refractivity contribution >= 4 is 59.1 Å². The summed E-state index contributed by atoms with van der Waals surface area (Å²) in [4.78, 5) is 26.6. The summed E-state index contributed by atoms with van der Waals surface area (Å²) in [5.41, 5.74) is 8.32. The Bertz CT molecular complexity index is 1300. The zero-order valence-corrected chi connectivity index (χ0v) is 24.0. The molecule has 0 spiro atoms. The van der Waals surface area contributed by atoms with Gasteiger partial charge in [-0.15, -0.1) is 12.4 Å². The first kappa shape index (κ1) is 29.0. The van der Waals surface area contributed by atoms with Crippen LogP contribution in [0.15, 0.2) is 42.6 Å². The molecule has 2 heterocycles. The summed E-state index contributed by atoms with van der Waals surface area (Å²) >= 11 is 13.4. The van der Waals surface area contributed by atoms with Crippen molar-refractivity contribution in [3.8, 4) is 11.5 Å². The quantitative estimate of drug-likeness (QED) is 0.343. The molecule has 2 aliphatic rings. The zero-order chi connectivity index (χ0) is 26.8. The van der Waals surface area contributed by atoms with Crippen LogP contribution in [0.3, 0.4) is 0 Å². The van der Waals surface area contributed by atoms with E-state index in [1.54, 1.807) is 17.2 Å². The fourth-order valence-corrected chi connectivity index (χ4v) is 5.69. The number of nitrogens with zero attached hydrogens (tertiary/aromatic N) is 4. The second kappa shape index (κ2) is 12.5. The lowest BCUT2D eigenvalue weighted by molar-refractivity contribution is 0.249. The molecule has 1 fully saturated rings. The van der Waals surface area contributed by atoms with E-state index in [1.165, 1.54) is 19.1 Å². The number of ether oxygens (including phenoxy) is 2. The lowest BCUT2D eigenvalue weighted by Gasteiger charge is -2.37. The predicted molar refractivity (Wildman–Crippen MR) is 157 cm³/mol. The van der Waals surface area contributed by atoms with Gasteiger partial charge in [0.25, 0.3) is 0 Å². The van der Waals surface area contributed by atoms with Gasteiger partial charge in [0, 0.05) is 29.9 Å². The fourth-order valence-electron chi connectivity index (χ4n) is 4.98. The Morgan fingerprint density at radius 1 is 1.08 bits per heavy atom. The van der Waals surface area contributed by atoms with E-state index in [4.69, 9.17) is 43.4 Å². The normalized spacial score (nSPS) is 18.7. The van der Waals surface area contributed by atoms with Crippen LogP contribution in [0.5, 0.6) is 11.5 Å². The number of rotatable bonds is 7. The first-order valence-corrected chi connectivity index (χ1v) is 13.3. The van der Waals surface area contributed by atoms with Crippen molar-refractivity contribution in [3.63, 3.8) is 0 Å². The third-order valence-electron chi connectivity index (χ3n) is 7.03. The van der Waals surface area contributed by atoms with Crippen LogP contribution < -0.4 is 30.3 Å². The molecule has 0 saturated heterocycles. The number of carbonyl (C=O) groups is 1. The molecule has 1 aliphatic heterocycles. The molecule has 1 saturated carbocycles. The molecule has 2 atom stereocenters. The Morgan fingerprint density at radius 2 is 1.74 bits per heavy atom. The largest absolute Gasteiger partial charge is 0.495 e. The Hall–Kier alpha value is -2.98. The van der Waals surface area contributed by atoms with Crippen molar-refractivity contribution in [3.05, 3.63) is 63.8 Å². The van der Waals surface area contributed by atoms with Crippen molar-refractivity contribution in [1.29, 1.82) is 0 Å². The van der Waals surface area contributed by atoms with E-state index in [9.17, 15) is 4.79 Å². The van der Waals surface area contributed by atoms with Crippen LogP contribution >= 0.6 is 35.6 Å². The summed E-state index contributed by atoms with van der Waals surface area (Å²) in [6, 6.07) is 11.1. The zero-order valence-electron chi connectivity index (χ0n) is 21.7. The van der Waals surface area contributed by atoms with Gasteiger partial charge in [0.05, 0.1) is 33.0 Å². The third-order valence-corrected chi connectivity index (χ3v) is 7.76. The highest BCUT2D eigenvalue weighted by Crippen LogP contribution is 2.48. The van der Waals surface area contributed by atoms with E-state index in [-0.39, 0.29) is 47.1 Å². The minimum absolute atomic E-state index is 0. The van der Waals surface area contributed by atoms with Gasteiger partial charge in [-0.05, 0) is 18.4 Å². The molecule has 9 nitrogen and oxygen atoms in total. The van der Waals surface area contributed by atoms with Crippen molar-refractivity contribution in [2.24, 2.45) is 5.73 Å². The van der Waals surface area contributed by atoms with E-state index in [0.29, 0.717) is 35.5 Å². The number of halogens is 3. The van der Waals surface area contributed by atoms with Crippen molar-refractivity contribution in [1.82, 2.24) is 9.97 Å². The van der Waals surface area contributed by atoms with Crippen LogP contribution in [0.1, 0.15) is 36.8 Å². The van der Waals surface area contributed by atoms with E-state index in [0.717, 1.165) is 36.8 Å². The van der Waals surface area contributed by atoms with E-state index in [1.807, 2.05) is 30.3 Å². The van der Waals surface area contributed by atoms with Gasteiger partial charge in [-0.2, -0.15) is 4.98 Å². The van der Waals surface area contributed by atoms with Crippen LogP contribution in [0.4, 0.5) is 22.2 Å². The highest BCUT2D eigenvalue weighted by molar-refractivity contribution is 6.42. The number of anilines is 3. The second-order valence-electron chi connectivity index (χ2n) is 9.44. The number of hydrogen-bond acceptors (Lipinski definition) is 7. The number of hydrogen-bond donors (Lipinski definition) is 2.